The highest BCUT2D eigenvalue weighted by molar-refractivity contribution is 5.91. The molecule has 1 atom stereocenters. The zero-order valence-corrected chi connectivity index (χ0v) is 11.0. The lowest BCUT2D eigenvalue weighted by Gasteiger charge is -2.17. The van der Waals surface area contributed by atoms with Crippen molar-refractivity contribution in [3.63, 3.8) is 0 Å². The minimum atomic E-state index is -0.973. The Bertz CT molecular complexity index is 576. The molecular formula is C16H16O3. The predicted octanol–water partition coefficient (Wildman–Crippen LogP) is 3.83. The molecule has 19 heavy (non-hydrogen) atoms. The summed E-state index contributed by atoms with van der Waals surface area (Å²) in [7, 11) is 0. The van der Waals surface area contributed by atoms with Gasteiger partial charge in [0.1, 0.15) is 17.4 Å². The first kappa shape index (κ1) is 13.1. The van der Waals surface area contributed by atoms with Gasteiger partial charge in [-0.2, -0.15) is 0 Å². The monoisotopic (exact) mass is 256 g/mol. The fraction of sp³-hybridized carbons (Fsp3) is 0.188. The third kappa shape index (κ3) is 3.13. The molecule has 0 radical (unpaired) electrons. The average Bonchev–Trinajstić information content (AvgIpc) is 2.41. The van der Waals surface area contributed by atoms with E-state index in [1.54, 1.807) is 12.1 Å². The largest absolute Gasteiger partial charge is 0.485 e. The first-order valence-electron chi connectivity index (χ1n) is 6.13. The number of aromatic carboxylic acids is 1. The Morgan fingerprint density at radius 2 is 1.84 bits per heavy atom. The van der Waals surface area contributed by atoms with Crippen LogP contribution in [0, 0.1) is 6.92 Å². The number of rotatable bonds is 4. The van der Waals surface area contributed by atoms with Gasteiger partial charge < -0.3 is 9.84 Å². The summed E-state index contributed by atoms with van der Waals surface area (Å²) in [6, 6.07) is 14.9. The molecule has 2 rings (SSSR count). The van der Waals surface area contributed by atoms with Crippen LogP contribution in [0.4, 0.5) is 0 Å². The first-order valence-corrected chi connectivity index (χ1v) is 6.13. The number of carboxylic acid groups (broad SMARTS) is 1. The molecule has 0 saturated heterocycles. The van der Waals surface area contributed by atoms with Crippen LogP contribution in [0.5, 0.6) is 5.75 Å². The molecule has 0 aromatic heterocycles. The summed E-state index contributed by atoms with van der Waals surface area (Å²) in [4.78, 5) is 11.2. The van der Waals surface area contributed by atoms with Crippen molar-refractivity contribution in [3.8, 4) is 5.75 Å². The summed E-state index contributed by atoms with van der Waals surface area (Å²) in [6.07, 6.45) is -0.193. The van der Waals surface area contributed by atoms with Crippen molar-refractivity contribution >= 4 is 5.97 Å². The summed E-state index contributed by atoms with van der Waals surface area (Å²) < 4.78 is 5.77. The predicted molar refractivity (Wildman–Crippen MR) is 73.6 cm³/mol. The molecular weight excluding hydrogens is 240 g/mol. The Morgan fingerprint density at radius 1 is 1.16 bits per heavy atom. The minimum absolute atomic E-state index is 0.193. The topological polar surface area (TPSA) is 46.5 Å². The second-order valence-corrected chi connectivity index (χ2v) is 4.48. The van der Waals surface area contributed by atoms with Gasteiger partial charge in [0.15, 0.2) is 0 Å². The fourth-order valence-corrected chi connectivity index (χ4v) is 1.90. The van der Waals surface area contributed by atoms with E-state index in [0.29, 0.717) is 5.75 Å². The molecule has 0 amide bonds. The summed E-state index contributed by atoms with van der Waals surface area (Å²) in [5.41, 5.74) is 2.11. The van der Waals surface area contributed by atoms with Gasteiger partial charge in [0, 0.05) is 0 Å². The quantitative estimate of drug-likeness (QED) is 0.904. The number of carbonyl (C=O) groups is 1. The van der Waals surface area contributed by atoms with Gasteiger partial charge in [-0.1, -0.05) is 42.0 Å². The van der Waals surface area contributed by atoms with Crippen molar-refractivity contribution in [1.82, 2.24) is 0 Å². The molecule has 0 fully saturated rings. The van der Waals surface area contributed by atoms with Crippen LogP contribution < -0.4 is 4.74 Å². The number of hydrogen-bond donors (Lipinski definition) is 1. The van der Waals surface area contributed by atoms with Crippen molar-refractivity contribution < 1.29 is 14.6 Å². The van der Waals surface area contributed by atoms with Crippen molar-refractivity contribution in [2.45, 2.75) is 20.0 Å². The Hall–Kier alpha value is -2.29. The number of aryl methyl sites for hydroxylation is 1. The average molecular weight is 256 g/mol. The third-order valence-corrected chi connectivity index (χ3v) is 2.94. The Kier molecular flexibility index (Phi) is 3.85. The van der Waals surface area contributed by atoms with Crippen LogP contribution in [0.1, 0.15) is 34.5 Å². The van der Waals surface area contributed by atoms with Gasteiger partial charge in [-0.3, -0.25) is 0 Å². The SMILES string of the molecule is Cc1ccc(OC(C)c2ccccc2)c(C(=O)O)c1. The highest BCUT2D eigenvalue weighted by Gasteiger charge is 2.14. The molecule has 0 saturated carbocycles. The van der Waals surface area contributed by atoms with Gasteiger partial charge in [0.25, 0.3) is 0 Å². The maximum Gasteiger partial charge on any atom is 0.339 e. The molecule has 0 bridgehead atoms. The van der Waals surface area contributed by atoms with Crippen LogP contribution in [0.15, 0.2) is 48.5 Å². The molecule has 0 aliphatic rings. The van der Waals surface area contributed by atoms with E-state index in [1.807, 2.05) is 50.2 Å². The van der Waals surface area contributed by atoms with Crippen molar-refractivity contribution in [2.75, 3.05) is 0 Å². The number of benzene rings is 2. The van der Waals surface area contributed by atoms with E-state index in [1.165, 1.54) is 0 Å². The summed E-state index contributed by atoms with van der Waals surface area (Å²) in [5, 5.41) is 9.19. The fourth-order valence-electron chi connectivity index (χ4n) is 1.90. The summed E-state index contributed by atoms with van der Waals surface area (Å²) in [6.45, 7) is 3.76. The summed E-state index contributed by atoms with van der Waals surface area (Å²) >= 11 is 0. The van der Waals surface area contributed by atoms with Crippen LogP contribution in [-0.4, -0.2) is 11.1 Å². The lowest BCUT2D eigenvalue weighted by Crippen LogP contribution is -2.07. The molecule has 0 heterocycles. The van der Waals surface area contributed by atoms with Crippen molar-refractivity contribution in [2.24, 2.45) is 0 Å². The highest BCUT2D eigenvalue weighted by atomic mass is 16.5. The molecule has 0 spiro atoms. The second kappa shape index (κ2) is 5.57. The van der Waals surface area contributed by atoms with E-state index in [2.05, 4.69) is 0 Å². The first-order chi connectivity index (χ1) is 9.08. The van der Waals surface area contributed by atoms with E-state index in [0.717, 1.165) is 11.1 Å². The van der Waals surface area contributed by atoms with Gasteiger partial charge in [-0.25, -0.2) is 4.79 Å². The Labute approximate surface area is 112 Å². The molecule has 3 heteroatoms. The third-order valence-electron chi connectivity index (χ3n) is 2.94. The minimum Gasteiger partial charge on any atom is -0.485 e. The number of carboxylic acids is 1. The second-order valence-electron chi connectivity index (χ2n) is 4.48. The van der Waals surface area contributed by atoms with E-state index in [9.17, 15) is 9.90 Å². The molecule has 1 N–H and O–H groups in total. The number of hydrogen-bond acceptors (Lipinski definition) is 2. The lowest BCUT2D eigenvalue weighted by atomic mass is 10.1. The molecule has 1 unspecified atom stereocenters. The Morgan fingerprint density at radius 3 is 2.47 bits per heavy atom. The maximum atomic E-state index is 11.2. The molecule has 2 aromatic rings. The highest BCUT2D eigenvalue weighted by Crippen LogP contribution is 2.26. The van der Waals surface area contributed by atoms with Crippen LogP contribution in [0.3, 0.4) is 0 Å². The molecule has 3 nitrogen and oxygen atoms in total. The normalized spacial score (nSPS) is 11.9. The van der Waals surface area contributed by atoms with Crippen molar-refractivity contribution in [3.05, 3.63) is 65.2 Å². The van der Waals surface area contributed by atoms with Gasteiger partial charge in [-0.05, 0) is 31.5 Å². The molecule has 98 valence electrons. The van der Waals surface area contributed by atoms with Gasteiger partial charge in [0.05, 0.1) is 0 Å². The molecule has 0 aliphatic carbocycles. The van der Waals surface area contributed by atoms with Crippen molar-refractivity contribution in [1.29, 1.82) is 0 Å². The van der Waals surface area contributed by atoms with Crippen LogP contribution >= 0.6 is 0 Å². The van der Waals surface area contributed by atoms with E-state index < -0.39 is 5.97 Å². The molecule has 2 aromatic carbocycles. The van der Waals surface area contributed by atoms with E-state index in [-0.39, 0.29) is 11.7 Å². The zero-order valence-electron chi connectivity index (χ0n) is 11.0. The van der Waals surface area contributed by atoms with Gasteiger partial charge in [0.2, 0.25) is 0 Å². The van der Waals surface area contributed by atoms with Gasteiger partial charge >= 0.3 is 5.97 Å². The molecule has 0 aliphatic heterocycles. The number of ether oxygens (including phenoxy) is 1. The van der Waals surface area contributed by atoms with Crippen LogP contribution in [-0.2, 0) is 0 Å². The summed E-state index contributed by atoms with van der Waals surface area (Å²) in [5.74, 6) is -0.576. The standard InChI is InChI=1S/C16H16O3/c1-11-8-9-15(14(10-11)16(17)18)19-12(2)13-6-4-3-5-7-13/h3-10,12H,1-2H3,(H,17,18). The van der Waals surface area contributed by atoms with E-state index >= 15 is 0 Å². The zero-order chi connectivity index (χ0) is 13.8. The van der Waals surface area contributed by atoms with Gasteiger partial charge in [-0.15, -0.1) is 0 Å². The Balaban J connectivity index is 2.26. The van der Waals surface area contributed by atoms with Crippen LogP contribution in [0.2, 0.25) is 0 Å². The lowest BCUT2D eigenvalue weighted by molar-refractivity contribution is 0.0689. The van der Waals surface area contributed by atoms with Crippen LogP contribution in [0.25, 0.3) is 0 Å². The van der Waals surface area contributed by atoms with E-state index in [4.69, 9.17) is 4.74 Å². The smallest absolute Gasteiger partial charge is 0.339 e. The maximum absolute atomic E-state index is 11.2.